The molecule has 0 heterocycles. The second-order valence-electron chi connectivity index (χ2n) is 3.90. The zero-order valence-corrected chi connectivity index (χ0v) is 11.0. The minimum Gasteiger partial charge on any atom is -0.392 e. The Labute approximate surface area is 106 Å². The standard InChI is InChI=1S/C16H26O/c1-2-3-4-5-6-7-8-9-10-11-12-13-14-15-16-17/h2-3,6-7,10-11,14-15,17H,4-5,8-9,12-13,16H2,1H3/b3-2+,7-6+,11-10+,15-14+. The molecule has 0 rings (SSSR count). The van der Waals surface area contributed by atoms with Gasteiger partial charge in [-0.05, 0) is 45.4 Å². The van der Waals surface area contributed by atoms with E-state index in [1.54, 1.807) is 6.08 Å². The SMILES string of the molecule is C/C=C/CC/C=C/CC/C=C/CC/C=C/CO. The summed E-state index contributed by atoms with van der Waals surface area (Å²) >= 11 is 0. The summed E-state index contributed by atoms with van der Waals surface area (Å²) in [6.07, 6.45) is 23.8. The number of unbranched alkanes of at least 4 members (excludes halogenated alkanes) is 3. The molecule has 0 aliphatic rings. The van der Waals surface area contributed by atoms with Gasteiger partial charge < -0.3 is 5.11 Å². The van der Waals surface area contributed by atoms with Crippen molar-refractivity contribution in [3.63, 3.8) is 0 Å². The molecule has 0 unspecified atom stereocenters. The molecule has 0 aliphatic heterocycles. The fourth-order valence-electron chi connectivity index (χ4n) is 1.41. The predicted octanol–water partition coefficient (Wildman–Crippen LogP) is 4.56. The Morgan fingerprint density at radius 2 is 0.941 bits per heavy atom. The molecular formula is C16H26O. The van der Waals surface area contributed by atoms with Crippen molar-refractivity contribution >= 4 is 0 Å². The van der Waals surface area contributed by atoms with E-state index in [2.05, 4.69) is 43.4 Å². The van der Waals surface area contributed by atoms with E-state index in [0.29, 0.717) is 0 Å². The van der Waals surface area contributed by atoms with Crippen LogP contribution in [0, 0.1) is 0 Å². The number of hydrogen-bond acceptors (Lipinski definition) is 1. The van der Waals surface area contributed by atoms with E-state index in [9.17, 15) is 0 Å². The lowest BCUT2D eigenvalue weighted by Gasteiger charge is -1.89. The lowest BCUT2D eigenvalue weighted by molar-refractivity contribution is 0.342. The third-order valence-electron chi connectivity index (χ3n) is 2.34. The quantitative estimate of drug-likeness (QED) is 0.434. The highest BCUT2D eigenvalue weighted by Crippen LogP contribution is 1.99. The van der Waals surface area contributed by atoms with E-state index in [1.165, 1.54) is 0 Å². The molecule has 1 nitrogen and oxygen atoms in total. The minimum absolute atomic E-state index is 0.154. The Morgan fingerprint density at radius 1 is 0.588 bits per heavy atom. The normalized spacial score (nSPS) is 12.8. The second-order valence-corrected chi connectivity index (χ2v) is 3.90. The first-order chi connectivity index (χ1) is 8.41. The van der Waals surface area contributed by atoms with Crippen LogP contribution in [0.25, 0.3) is 0 Å². The van der Waals surface area contributed by atoms with Crippen molar-refractivity contribution in [1.82, 2.24) is 0 Å². The van der Waals surface area contributed by atoms with Gasteiger partial charge in [-0.3, -0.25) is 0 Å². The average molecular weight is 234 g/mol. The lowest BCUT2D eigenvalue weighted by atomic mass is 10.2. The topological polar surface area (TPSA) is 20.2 Å². The fourth-order valence-corrected chi connectivity index (χ4v) is 1.41. The smallest absolute Gasteiger partial charge is 0.0612 e. The summed E-state index contributed by atoms with van der Waals surface area (Å²) in [4.78, 5) is 0. The molecule has 1 heteroatoms. The van der Waals surface area contributed by atoms with Crippen LogP contribution in [0.4, 0.5) is 0 Å². The zero-order chi connectivity index (χ0) is 12.6. The largest absolute Gasteiger partial charge is 0.392 e. The molecule has 0 aromatic heterocycles. The Balaban J connectivity index is 3.26. The van der Waals surface area contributed by atoms with Crippen LogP contribution in [-0.4, -0.2) is 11.7 Å². The third-order valence-corrected chi connectivity index (χ3v) is 2.34. The van der Waals surface area contributed by atoms with E-state index < -0.39 is 0 Å². The zero-order valence-electron chi connectivity index (χ0n) is 11.0. The molecule has 0 saturated carbocycles. The van der Waals surface area contributed by atoms with Crippen molar-refractivity contribution in [2.24, 2.45) is 0 Å². The van der Waals surface area contributed by atoms with Gasteiger partial charge in [0, 0.05) is 0 Å². The summed E-state index contributed by atoms with van der Waals surface area (Å²) in [6.45, 7) is 2.21. The summed E-state index contributed by atoms with van der Waals surface area (Å²) in [5, 5.41) is 8.53. The Hall–Kier alpha value is -1.08. The first kappa shape index (κ1) is 15.9. The first-order valence-corrected chi connectivity index (χ1v) is 6.58. The van der Waals surface area contributed by atoms with Crippen LogP contribution in [-0.2, 0) is 0 Å². The number of hydrogen-bond donors (Lipinski definition) is 1. The molecule has 0 amide bonds. The summed E-state index contributed by atoms with van der Waals surface area (Å²) in [5.41, 5.74) is 0. The summed E-state index contributed by atoms with van der Waals surface area (Å²) in [6, 6.07) is 0. The second kappa shape index (κ2) is 14.9. The molecule has 0 bridgehead atoms. The Morgan fingerprint density at radius 3 is 1.29 bits per heavy atom. The van der Waals surface area contributed by atoms with Crippen molar-refractivity contribution < 1.29 is 5.11 Å². The average Bonchev–Trinajstić information content (AvgIpc) is 2.35. The third kappa shape index (κ3) is 14.9. The summed E-state index contributed by atoms with van der Waals surface area (Å²) in [7, 11) is 0. The molecule has 0 radical (unpaired) electrons. The minimum atomic E-state index is 0.154. The molecule has 0 aliphatic carbocycles. The van der Waals surface area contributed by atoms with Gasteiger partial charge in [0.15, 0.2) is 0 Å². The number of rotatable bonds is 10. The van der Waals surface area contributed by atoms with Crippen LogP contribution in [0.1, 0.15) is 45.4 Å². The van der Waals surface area contributed by atoms with Crippen molar-refractivity contribution in [3.8, 4) is 0 Å². The highest BCUT2D eigenvalue weighted by atomic mass is 16.2. The van der Waals surface area contributed by atoms with Crippen molar-refractivity contribution in [3.05, 3.63) is 48.6 Å². The molecule has 0 fully saturated rings. The summed E-state index contributed by atoms with van der Waals surface area (Å²) in [5.74, 6) is 0. The molecule has 0 saturated heterocycles. The van der Waals surface area contributed by atoms with Crippen molar-refractivity contribution in [2.45, 2.75) is 45.4 Å². The van der Waals surface area contributed by atoms with Gasteiger partial charge in [-0.25, -0.2) is 0 Å². The Bertz CT molecular complexity index is 246. The first-order valence-electron chi connectivity index (χ1n) is 6.58. The van der Waals surface area contributed by atoms with E-state index in [0.717, 1.165) is 38.5 Å². The molecular weight excluding hydrogens is 208 g/mol. The maximum atomic E-state index is 8.53. The van der Waals surface area contributed by atoms with Crippen molar-refractivity contribution in [2.75, 3.05) is 6.61 Å². The maximum absolute atomic E-state index is 8.53. The number of aliphatic hydroxyl groups is 1. The van der Waals surface area contributed by atoms with Gasteiger partial charge >= 0.3 is 0 Å². The van der Waals surface area contributed by atoms with E-state index in [1.807, 2.05) is 6.08 Å². The maximum Gasteiger partial charge on any atom is 0.0612 e. The van der Waals surface area contributed by atoms with Gasteiger partial charge in [-0.1, -0.05) is 48.6 Å². The van der Waals surface area contributed by atoms with Gasteiger partial charge in [0.05, 0.1) is 6.61 Å². The summed E-state index contributed by atoms with van der Waals surface area (Å²) < 4.78 is 0. The molecule has 17 heavy (non-hydrogen) atoms. The van der Waals surface area contributed by atoms with Crippen LogP contribution in [0.15, 0.2) is 48.6 Å². The highest BCUT2D eigenvalue weighted by Gasteiger charge is 1.79. The highest BCUT2D eigenvalue weighted by molar-refractivity contribution is 4.91. The van der Waals surface area contributed by atoms with Crippen LogP contribution >= 0.6 is 0 Å². The molecule has 0 spiro atoms. The van der Waals surface area contributed by atoms with Gasteiger partial charge in [0.2, 0.25) is 0 Å². The fraction of sp³-hybridized carbons (Fsp3) is 0.500. The molecule has 0 aromatic carbocycles. The van der Waals surface area contributed by atoms with E-state index >= 15 is 0 Å². The monoisotopic (exact) mass is 234 g/mol. The van der Waals surface area contributed by atoms with Crippen molar-refractivity contribution in [1.29, 1.82) is 0 Å². The molecule has 0 aromatic rings. The van der Waals surface area contributed by atoms with Crippen LogP contribution in [0.3, 0.4) is 0 Å². The van der Waals surface area contributed by atoms with E-state index in [4.69, 9.17) is 5.11 Å². The van der Waals surface area contributed by atoms with Crippen LogP contribution < -0.4 is 0 Å². The lowest BCUT2D eigenvalue weighted by Crippen LogP contribution is -1.71. The molecule has 1 N–H and O–H groups in total. The molecule has 0 atom stereocenters. The van der Waals surface area contributed by atoms with Gasteiger partial charge in [-0.15, -0.1) is 0 Å². The molecule has 96 valence electrons. The van der Waals surface area contributed by atoms with Crippen LogP contribution in [0.2, 0.25) is 0 Å². The van der Waals surface area contributed by atoms with E-state index in [-0.39, 0.29) is 6.61 Å². The van der Waals surface area contributed by atoms with Gasteiger partial charge in [-0.2, -0.15) is 0 Å². The Kier molecular flexibility index (Phi) is 14.0. The van der Waals surface area contributed by atoms with Gasteiger partial charge in [0.25, 0.3) is 0 Å². The number of allylic oxidation sites excluding steroid dienone is 7. The van der Waals surface area contributed by atoms with Gasteiger partial charge in [0.1, 0.15) is 0 Å². The van der Waals surface area contributed by atoms with Crippen LogP contribution in [0.5, 0.6) is 0 Å². The number of aliphatic hydroxyl groups excluding tert-OH is 1. The predicted molar refractivity (Wildman–Crippen MR) is 77.0 cm³/mol.